The molecular weight excluding hydrogens is 180 g/mol. The van der Waals surface area contributed by atoms with E-state index in [-0.39, 0.29) is 6.09 Å². The number of ether oxygens (including phenoxy) is 1. The first-order chi connectivity index (χ1) is 6.84. The molecule has 1 heterocycles. The third-order valence-electron chi connectivity index (χ3n) is 1.87. The van der Waals surface area contributed by atoms with E-state index in [4.69, 9.17) is 4.74 Å². The molecule has 0 spiro atoms. The number of amides is 1. The second-order valence-corrected chi connectivity index (χ2v) is 2.79. The fourth-order valence-electron chi connectivity index (χ4n) is 1.24. The van der Waals surface area contributed by atoms with Gasteiger partial charge in [-0.3, -0.25) is 0 Å². The molecule has 1 fully saturated rings. The van der Waals surface area contributed by atoms with Crippen LogP contribution in [-0.2, 0) is 4.74 Å². The smallest absolute Gasteiger partial charge is 0.409 e. The summed E-state index contributed by atoms with van der Waals surface area (Å²) in [5.41, 5.74) is 0. The molecular formula is C10H22N2O2. The zero-order chi connectivity index (χ0) is 10.8. The highest BCUT2D eigenvalue weighted by Crippen LogP contribution is 1.98. The average molecular weight is 202 g/mol. The van der Waals surface area contributed by atoms with Crippen LogP contribution in [0, 0.1) is 0 Å². The maximum absolute atomic E-state index is 11.2. The van der Waals surface area contributed by atoms with Gasteiger partial charge in [0.25, 0.3) is 0 Å². The van der Waals surface area contributed by atoms with Crippen LogP contribution in [0.4, 0.5) is 4.79 Å². The van der Waals surface area contributed by atoms with Gasteiger partial charge in [-0.05, 0) is 19.9 Å². The fourth-order valence-corrected chi connectivity index (χ4v) is 1.24. The van der Waals surface area contributed by atoms with Crippen molar-refractivity contribution in [1.82, 2.24) is 10.2 Å². The first-order valence-electron chi connectivity index (χ1n) is 5.47. The van der Waals surface area contributed by atoms with Gasteiger partial charge in [0.2, 0.25) is 0 Å². The first-order valence-corrected chi connectivity index (χ1v) is 5.47. The summed E-state index contributed by atoms with van der Waals surface area (Å²) in [4.78, 5) is 13.0. The summed E-state index contributed by atoms with van der Waals surface area (Å²) in [6.45, 7) is 9.73. The van der Waals surface area contributed by atoms with Crippen molar-refractivity contribution >= 4 is 6.09 Å². The minimum absolute atomic E-state index is 0.179. The van der Waals surface area contributed by atoms with E-state index in [1.54, 1.807) is 4.90 Å². The van der Waals surface area contributed by atoms with Gasteiger partial charge in [-0.2, -0.15) is 0 Å². The summed E-state index contributed by atoms with van der Waals surface area (Å²) in [6.07, 6.45) is 0.833. The molecule has 1 aliphatic rings. The minimum atomic E-state index is -0.179. The van der Waals surface area contributed by atoms with Gasteiger partial charge in [-0.1, -0.05) is 13.8 Å². The lowest BCUT2D eigenvalue weighted by atomic mass is 10.4. The largest absolute Gasteiger partial charge is 0.450 e. The topological polar surface area (TPSA) is 41.6 Å². The van der Waals surface area contributed by atoms with Gasteiger partial charge < -0.3 is 15.0 Å². The number of rotatable bonds is 1. The van der Waals surface area contributed by atoms with Crippen molar-refractivity contribution < 1.29 is 9.53 Å². The average Bonchev–Trinajstić information content (AvgIpc) is 2.49. The number of carbonyl (C=O) groups is 1. The van der Waals surface area contributed by atoms with E-state index in [0.29, 0.717) is 6.61 Å². The standard InChI is InChI=1S/C8H16N2O2.C2H6/c1-2-12-8(11)10-6-3-4-9-5-7-10;1-2/h9H,2-7H2,1H3;1-2H3. The van der Waals surface area contributed by atoms with Crippen molar-refractivity contribution in [2.75, 3.05) is 32.8 Å². The fraction of sp³-hybridized carbons (Fsp3) is 0.900. The molecule has 84 valence electrons. The van der Waals surface area contributed by atoms with Gasteiger partial charge in [0, 0.05) is 19.6 Å². The van der Waals surface area contributed by atoms with Gasteiger partial charge in [-0.15, -0.1) is 0 Å². The van der Waals surface area contributed by atoms with E-state index < -0.39 is 0 Å². The highest BCUT2D eigenvalue weighted by Gasteiger charge is 2.15. The van der Waals surface area contributed by atoms with Gasteiger partial charge in [0.05, 0.1) is 6.61 Å². The van der Waals surface area contributed by atoms with Crippen molar-refractivity contribution in [2.45, 2.75) is 27.2 Å². The summed E-state index contributed by atoms with van der Waals surface area (Å²) in [5.74, 6) is 0. The molecule has 1 saturated heterocycles. The van der Waals surface area contributed by atoms with Crippen molar-refractivity contribution in [3.05, 3.63) is 0 Å². The van der Waals surface area contributed by atoms with Crippen LogP contribution in [0.3, 0.4) is 0 Å². The molecule has 0 aromatic rings. The van der Waals surface area contributed by atoms with Gasteiger partial charge in [-0.25, -0.2) is 4.79 Å². The van der Waals surface area contributed by atoms with Crippen LogP contribution in [-0.4, -0.2) is 43.8 Å². The van der Waals surface area contributed by atoms with Crippen LogP contribution in [0.1, 0.15) is 27.2 Å². The van der Waals surface area contributed by atoms with Crippen molar-refractivity contribution in [3.63, 3.8) is 0 Å². The molecule has 0 bridgehead atoms. The van der Waals surface area contributed by atoms with Crippen LogP contribution in [0.15, 0.2) is 0 Å². The summed E-state index contributed by atoms with van der Waals surface area (Å²) < 4.78 is 4.90. The molecule has 4 heteroatoms. The SMILES string of the molecule is CC.CCOC(=O)N1CCCNCC1. The van der Waals surface area contributed by atoms with Crippen LogP contribution in [0.2, 0.25) is 0 Å². The molecule has 4 nitrogen and oxygen atoms in total. The van der Waals surface area contributed by atoms with Crippen LogP contribution < -0.4 is 5.32 Å². The predicted molar refractivity (Wildman–Crippen MR) is 57.4 cm³/mol. The van der Waals surface area contributed by atoms with Gasteiger partial charge >= 0.3 is 6.09 Å². The highest BCUT2D eigenvalue weighted by molar-refractivity contribution is 5.67. The zero-order valence-corrected chi connectivity index (χ0v) is 9.51. The monoisotopic (exact) mass is 202 g/mol. The molecule has 0 saturated carbocycles. The number of nitrogens with zero attached hydrogens (tertiary/aromatic N) is 1. The van der Waals surface area contributed by atoms with E-state index in [2.05, 4.69) is 5.32 Å². The molecule has 1 amide bonds. The third-order valence-corrected chi connectivity index (χ3v) is 1.87. The van der Waals surface area contributed by atoms with Crippen LogP contribution >= 0.6 is 0 Å². The quantitative estimate of drug-likeness (QED) is 0.700. The number of nitrogens with one attached hydrogen (secondary N) is 1. The Morgan fingerprint density at radius 3 is 2.71 bits per heavy atom. The second kappa shape index (κ2) is 8.81. The van der Waals surface area contributed by atoms with E-state index in [0.717, 1.165) is 32.6 Å². The molecule has 0 aliphatic carbocycles. The van der Waals surface area contributed by atoms with E-state index in [9.17, 15) is 4.79 Å². The third kappa shape index (κ3) is 5.07. The molecule has 0 aromatic heterocycles. The lowest BCUT2D eigenvalue weighted by Crippen LogP contribution is -2.34. The highest BCUT2D eigenvalue weighted by atomic mass is 16.6. The molecule has 0 radical (unpaired) electrons. The predicted octanol–water partition coefficient (Wildman–Crippen LogP) is 1.46. The summed E-state index contributed by atoms with van der Waals surface area (Å²) in [7, 11) is 0. The Kier molecular flexibility index (Phi) is 8.33. The van der Waals surface area contributed by atoms with Gasteiger partial charge in [0.1, 0.15) is 0 Å². The lowest BCUT2D eigenvalue weighted by Gasteiger charge is -2.18. The Bertz CT molecular complexity index is 143. The minimum Gasteiger partial charge on any atom is -0.450 e. The van der Waals surface area contributed by atoms with E-state index >= 15 is 0 Å². The van der Waals surface area contributed by atoms with E-state index in [1.807, 2.05) is 20.8 Å². The normalized spacial score (nSPS) is 16.4. The molecule has 1 rings (SSSR count). The lowest BCUT2D eigenvalue weighted by molar-refractivity contribution is 0.109. The zero-order valence-electron chi connectivity index (χ0n) is 9.51. The van der Waals surface area contributed by atoms with E-state index in [1.165, 1.54) is 0 Å². The second-order valence-electron chi connectivity index (χ2n) is 2.79. The number of hydrogen-bond acceptors (Lipinski definition) is 3. The summed E-state index contributed by atoms with van der Waals surface area (Å²) in [5, 5.41) is 3.22. The number of carbonyl (C=O) groups excluding carboxylic acids is 1. The Morgan fingerprint density at radius 1 is 1.36 bits per heavy atom. The van der Waals surface area contributed by atoms with Crippen molar-refractivity contribution in [3.8, 4) is 0 Å². The first kappa shape index (κ1) is 13.2. The van der Waals surface area contributed by atoms with Crippen LogP contribution in [0.25, 0.3) is 0 Å². The molecule has 1 aliphatic heterocycles. The maximum atomic E-state index is 11.2. The molecule has 0 aromatic carbocycles. The molecule has 0 unspecified atom stereocenters. The van der Waals surface area contributed by atoms with Crippen molar-refractivity contribution in [2.24, 2.45) is 0 Å². The summed E-state index contributed by atoms with van der Waals surface area (Å²) in [6, 6.07) is 0. The Labute approximate surface area is 86.6 Å². The summed E-state index contributed by atoms with van der Waals surface area (Å²) >= 11 is 0. The Hall–Kier alpha value is -0.770. The molecule has 1 N–H and O–H groups in total. The Balaban J connectivity index is 0.000000791. The molecule has 14 heavy (non-hydrogen) atoms. The van der Waals surface area contributed by atoms with Crippen LogP contribution in [0.5, 0.6) is 0 Å². The maximum Gasteiger partial charge on any atom is 0.409 e. The van der Waals surface area contributed by atoms with Gasteiger partial charge in [0.15, 0.2) is 0 Å². The Morgan fingerprint density at radius 2 is 2.07 bits per heavy atom. The molecule has 0 atom stereocenters. The van der Waals surface area contributed by atoms with Crippen molar-refractivity contribution in [1.29, 1.82) is 0 Å². The number of hydrogen-bond donors (Lipinski definition) is 1.